The van der Waals surface area contributed by atoms with Crippen LogP contribution in [0.3, 0.4) is 0 Å². The number of carbonyl (C=O) groups is 3. The monoisotopic (exact) mass is 649 g/mol. The summed E-state index contributed by atoms with van der Waals surface area (Å²) in [5.74, 6) is -2.41. The number of allylic oxidation sites excluding steroid dienone is 2. The molecule has 0 aliphatic carbocycles. The van der Waals surface area contributed by atoms with E-state index in [-0.39, 0.29) is 12.8 Å². The zero-order valence-corrected chi connectivity index (χ0v) is 28.1. The number of carboxylic acids is 1. The molecule has 0 spiro atoms. The predicted molar refractivity (Wildman–Crippen MR) is 171 cm³/mol. The summed E-state index contributed by atoms with van der Waals surface area (Å²) in [6.07, 6.45) is 23.4. The van der Waals surface area contributed by atoms with Gasteiger partial charge in [0.1, 0.15) is 12.7 Å². The fraction of sp³-hybridized carbons (Fsp3) is 0.844. The molecule has 0 aliphatic heterocycles. The van der Waals surface area contributed by atoms with Crippen LogP contribution >= 0.6 is 7.82 Å². The van der Waals surface area contributed by atoms with Crippen LogP contribution in [-0.2, 0) is 32.7 Å². The Morgan fingerprint density at radius 1 is 0.705 bits per heavy atom. The first-order valence-corrected chi connectivity index (χ1v) is 18.2. The molecule has 11 nitrogen and oxygen atoms in total. The van der Waals surface area contributed by atoms with Crippen molar-refractivity contribution >= 4 is 25.7 Å². The second-order valence-corrected chi connectivity index (χ2v) is 12.8. The van der Waals surface area contributed by atoms with Gasteiger partial charge < -0.3 is 25.2 Å². The topological polar surface area (TPSA) is 169 Å². The van der Waals surface area contributed by atoms with Gasteiger partial charge in [0.05, 0.1) is 13.2 Å². The lowest BCUT2D eigenvalue weighted by Gasteiger charge is -2.18. The summed E-state index contributed by atoms with van der Waals surface area (Å²) in [5, 5.41) is 21.4. The lowest BCUT2D eigenvalue weighted by Crippen LogP contribution is -2.43. The van der Waals surface area contributed by atoms with Gasteiger partial charge in [0.25, 0.3) is 0 Å². The number of aliphatic hydroxyl groups is 1. The van der Waals surface area contributed by atoms with Crippen LogP contribution in [-0.4, -0.2) is 64.9 Å². The molecule has 12 heteroatoms. The van der Waals surface area contributed by atoms with Crippen LogP contribution in [0.5, 0.6) is 0 Å². The Morgan fingerprint density at radius 3 is 1.75 bits per heavy atom. The third-order valence-corrected chi connectivity index (χ3v) is 8.01. The summed E-state index contributed by atoms with van der Waals surface area (Å²) in [6, 6.07) is -1.54. The minimum atomic E-state index is -4.73. The first kappa shape index (κ1) is 42.2. The van der Waals surface area contributed by atoms with Gasteiger partial charge in [-0.3, -0.25) is 18.6 Å². The molecule has 0 heterocycles. The lowest BCUT2D eigenvalue weighted by atomic mass is 10.1. The van der Waals surface area contributed by atoms with Crippen molar-refractivity contribution in [2.75, 3.05) is 19.8 Å². The summed E-state index contributed by atoms with van der Waals surface area (Å²) < 4.78 is 26.4. The highest BCUT2D eigenvalue weighted by Gasteiger charge is 2.28. The van der Waals surface area contributed by atoms with Gasteiger partial charge in [-0.25, -0.2) is 9.36 Å². The molecule has 4 N–H and O–H groups in total. The van der Waals surface area contributed by atoms with Crippen LogP contribution in [0.4, 0.5) is 0 Å². The number of phosphoric acid groups is 1. The molecular formula is C32H60NO10P. The van der Waals surface area contributed by atoms with E-state index in [1.165, 1.54) is 44.9 Å². The van der Waals surface area contributed by atoms with Crippen molar-refractivity contribution in [1.82, 2.24) is 5.32 Å². The fourth-order valence-corrected chi connectivity index (χ4v) is 5.14. The van der Waals surface area contributed by atoms with Gasteiger partial charge >= 0.3 is 19.8 Å². The SMILES string of the molecule is CCCCCCCCC/C=C\CCCCCCCC(=O)OCC(O)COP(=O)(O)OCC(NC(=O)CCCCCC)C(=O)O. The Morgan fingerprint density at radius 2 is 1.18 bits per heavy atom. The molecule has 0 fully saturated rings. The molecule has 0 aromatic carbocycles. The molecule has 0 saturated carbocycles. The number of ether oxygens (including phenoxy) is 1. The van der Waals surface area contributed by atoms with Crippen molar-refractivity contribution in [2.45, 2.75) is 154 Å². The summed E-state index contributed by atoms with van der Waals surface area (Å²) in [4.78, 5) is 45.0. The standard InChI is InChI=1S/C32H60NO10P/c1-3-5-7-9-10-11-12-13-14-15-16-17-18-19-20-22-24-31(36)41-25-28(34)26-42-44(39,40)43-27-29(32(37)38)33-30(35)23-21-8-6-4-2/h14-15,28-29,34H,3-13,16-27H2,1-2H3,(H,33,35)(H,37,38)(H,39,40)/b15-14-. The van der Waals surface area contributed by atoms with E-state index in [0.717, 1.165) is 57.8 Å². The van der Waals surface area contributed by atoms with Crippen LogP contribution in [0.25, 0.3) is 0 Å². The first-order chi connectivity index (χ1) is 21.1. The van der Waals surface area contributed by atoms with Crippen LogP contribution in [0, 0.1) is 0 Å². The smallest absolute Gasteiger partial charge is 0.472 e. The second kappa shape index (κ2) is 28.7. The summed E-state index contributed by atoms with van der Waals surface area (Å²) in [6.45, 7) is 2.38. The van der Waals surface area contributed by atoms with Crippen molar-refractivity contribution in [3.63, 3.8) is 0 Å². The van der Waals surface area contributed by atoms with Gasteiger partial charge in [-0.2, -0.15) is 0 Å². The molecule has 3 atom stereocenters. The van der Waals surface area contributed by atoms with E-state index in [0.29, 0.717) is 12.8 Å². The van der Waals surface area contributed by atoms with Crippen molar-refractivity contribution in [2.24, 2.45) is 0 Å². The normalized spacial score (nSPS) is 14.3. The van der Waals surface area contributed by atoms with Crippen LogP contribution in [0.1, 0.15) is 142 Å². The molecule has 0 bridgehead atoms. The van der Waals surface area contributed by atoms with Gasteiger partial charge in [-0.15, -0.1) is 0 Å². The molecule has 0 saturated heterocycles. The van der Waals surface area contributed by atoms with Crippen LogP contribution in [0.2, 0.25) is 0 Å². The van der Waals surface area contributed by atoms with Crippen LogP contribution < -0.4 is 5.32 Å². The van der Waals surface area contributed by atoms with E-state index in [4.69, 9.17) is 4.74 Å². The third-order valence-electron chi connectivity index (χ3n) is 7.05. The highest BCUT2D eigenvalue weighted by molar-refractivity contribution is 7.47. The van der Waals surface area contributed by atoms with E-state index >= 15 is 0 Å². The molecule has 0 aromatic rings. The molecule has 44 heavy (non-hydrogen) atoms. The molecule has 0 rings (SSSR count). The predicted octanol–water partition coefficient (Wildman–Crippen LogP) is 6.99. The average Bonchev–Trinajstić information content (AvgIpc) is 2.99. The van der Waals surface area contributed by atoms with E-state index in [1.807, 2.05) is 6.92 Å². The van der Waals surface area contributed by atoms with Crippen molar-refractivity contribution in [1.29, 1.82) is 0 Å². The fourth-order valence-electron chi connectivity index (χ4n) is 4.37. The molecule has 0 aromatic heterocycles. The number of aliphatic hydroxyl groups excluding tert-OH is 1. The Kier molecular flexibility index (Phi) is 27.5. The van der Waals surface area contributed by atoms with Crippen molar-refractivity contribution in [3.8, 4) is 0 Å². The number of hydrogen-bond donors (Lipinski definition) is 4. The van der Waals surface area contributed by atoms with Gasteiger partial charge in [0.15, 0.2) is 6.04 Å². The number of carboxylic acid groups (broad SMARTS) is 1. The molecule has 0 aliphatic rings. The number of phosphoric ester groups is 1. The molecule has 1 amide bonds. The summed E-state index contributed by atoms with van der Waals surface area (Å²) in [5.41, 5.74) is 0. The summed E-state index contributed by atoms with van der Waals surface area (Å²) in [7, 11) is -4.73. The Hall–Kier alpha value is -1.78. The maximum absolute atomic E-state index is 12.1. The number of unbranched alkanes of at least 4 members (excludes halogenated alkanes) is 15. The zero-order chi connectivity index (χ0) is 32.9. The molecular weight excluding hydrogens is 589 g/mol. The number of nitrogens with one attached hydrogen (secondary N) is 1. The van der Waals surface area contributed by atoms with E-state index in [1.54, 1.807) is 0 Å². The largest absolute Gasteiger partial charge is 0.480 e. The van der Waals surface area contributed by atoms with E-state index in [9.17, 15) is 34.1 Å². The van der Waals surface area contributed by atoms with Crippen molar-refractivity contribution < 1.29 is 47.8 Å². The summed E-state index contributed by atoms with van der Waals surface area (Å²) >= 11 is 0. The molecule has 0 radical (unpaired) electrons. The van der Waals surface area contributed by atoms with Gasteiger partial charge in [-0.05, 0) is 38.5 Å². The quantitative estimate of drug-likeness (QED) is 0.0266. The number of rotatable bonds is 31. The van der Waals surface area contributed by atoms with Crippen LogP contribution in [0.15, 0.2) is 12.2 Å². The van der Waals surface area contributed by atoms with Gasteiger partial charge in [-0.1, -0.05) is 103 Å². The molecule has 3 unspecified atom stereocenters. The Labute approximate surface area is 265 Å². The second-order valence-electron chi connectivity index (χ2n) is 11.4. The van der Waals surface area contributed by atoms with Gasteiger partial charge in [0, 0.05) is 12.8 Å². The number of carbonyl (C=O) groups excluding carboxylic acids is 2. The van der Waals surface area contributed by atoms with E-state index < -0.39 is 57.6 Å². The Bertz CT molecular complexity index is 823. The number of hydrogen-bond acceptors (Lipinski definition) is 8. The number of aliphatic carboxylic acids is 1. The first-order valence-electron chi connectivity index (χ1n) is 16.7. The lowest BCUT2D eigenvalue weighted by molar-refractivity contribution is -0.147. The minimum absolute atomic E-state index is 0.138. The Balaban J connectivity index is 3.89. The number of amides is 1. The maximum Gasteiger partial charge on any atom is 0.472 e. The van der Waals surface area contributed by atoms with E-state index in [2.05, 4.69) is 33.4 Å². The van der Waals surface area contributed by atoms with Gasteiger partial charge in [0.2, 0.25) is 5.91 Å². The number of esters is 1. The highest BCUT2D eigenvalue weighted by Crippen LogP contribution is 2.43. The highest BCUT2D eigenvalue weighted by atomic mass is 31.2. The average molecular weight is 650 g/mol. The minimum Gasteiger partial charge on any atom is -0.480 e. The maximum atomic E-state index is 12.1. The zero-order valence-electron chi connectivity index (χ0n) is 27.2. The van der Waals surface area contributed by atoms with Crippen molar-refractivity contribution in [3.05, 3.63) is 12.2 Å². The molecule has 258 valence electrons. The third kappa shape index (κ3) is 27.7.